The van der Waals surface area contributed by atoms with E-state index in [4.69, 9.17) is 5.73 Å². The van der Waals surface area contributed by atoms with Crippen molar-refractivity contribution in [1.82, 2.24) is 4.90 Å². The van der Waals surface area contributed by atoms with Crippen molar-refractivity contribution >= 4 is 11.7 Å². The number of Topliss-reactive ketones (excluding diaryl/α,β-unsaturated/α-hetero) is 1. The van der Waals surface area contributed by atoms with Gasteiger partial charge in [-0.05, 0) is 6.92 Å². The van der Waals surface area contributed by atoms with Gasteiger partial charge in [0.05, 0.1) is 12.6 Å². The molecule has 1 fully saturated rings. The van der Waals surface area contributed by atoms with Crippen LogP contribution in [0.1, 0.15) is 13.3 Å². The highest BCUT2D eigenvalue weighted by Crippen LogP contribution is 2.04. The lowest BCUT2D eigenvalue weighted by molar-refractivity contribution is -0.132. The molecule has 0 unspecified atom stereocenters. The highest BCUT2D eigenvalue weighted by molar-refractivity contribution is 5.91. The summed E-state index contributed by atoms with van der Waals surface area (Å²) in [6.07, 6.45) is 0.485. The van der Waals surface area contributed by atoms with Crippen molar-refractivity contribution in [2.75, 3.05) is 13.1 Å². The minimum atomic E-state index is -0.485. The van der Waals surface area contributed by atoms with Gasteiger partial charge in [0.25, 0.3) is 0 Å². The number of likely N-dealkylation sites (tertiary alicyclic amines) is 1. The molecule has 0 aromatic rings. The van der Waals surface area contributed by atoms with Crippen LogP contribution in [0.15, 0.2) is 0 Å². The molecule has 1 heterocycles. The van der Waals surface area contributed by atoms with Gasteiger partial charge in [-0.25, -0.2) is 0 Å². The van der Waals surface area contributed by atoms with Gasteiger partial charge in [-0.15, -0.1) is 0 Å². The second-order valence-corrected chi connectivity index (χ2v) is 2.84. The van der Waals surface area contributed by atoms with Crippen molar-refractivity contribution in [3.63, 3.8) is 0 Å². The molecule has 0 bridgehead atoms. The molecule has 1 aliphatic rings. The Morgan fingerprint density at radius 1 is 1.73 bits per heavy atom. The van der Waals surface area contributed by atoms with Crippen LogP contribution in [0.4, 0.5) is 0 Å². The molecule has 1 rings (SSSR count). The van der Waals surface area contributed by atoms with Crippen LogP contribution < -0.4 is 5.73 Å². The van der Waals surface area contributed by atoms with Crippen LogP contribution in [0.2, 0.25) is 0 Å². The number of carbonyl (C=O) groups is 2. The highest BCUT2D eigenvalue weighted by atomic mass is 16.2. The van der Waals surface area contributed by atoms with Crippen molar-refractivity contribution in [2.24, 2.45) is 5.73 Å². The SMILES string of the molecule is C[C@H](N)C(=O)N1CCC(=O)C1. The van der Waals surface area contributed by atoms with E-state index >= 15 is 0 Å². The van der Waals surface area contributed by atoms with Gasteiger partial charge < -0.3 is 10.6 Å². The molecule has 1 amide bonds. The molecular formula is C7H12N2O2. The molecule has 1 atom stereocenters. The Hall–Kier alpha value is -0.900. The third-order valence-electron chi connectivity index (χ3n) is 1.73. The van der Waals surface area contributed by atoms with E-state index in [-0.39, 0.29) is 18.2 Å². The van der Waals surface area contributed by atoms with Gasteiger partial charge in [0.1, 0.15) is 0 Å². The largest absolute Gasteiger partial charge is 0.334 e. The van der Waals surface area contributed by atoms with Crippen LogP contribution in [0.5, 0.6) is 0 Å². The summed E-state index contributed by atoms with van der Waals surface area (Å²) < 4.78 is 0. The Morgan fingerprint density at radius 3 is 2.73 bits per heavy atom. The summed E-state index contributed by atoms with van der Waals surface area (Å²) in [6.45, 7) is 2.42. The average Bonchev–Trinajstić information content (AvgIpc) is 2.34. The molecule has 1 saturated heterocycles. The lowest BCUT2D eigenvalue weighted by atomic mass is 10.3. The zero-order valence-corrected chi connectivity index (χ0v) is 6.54. The van der Waals surface area contributed by atoms with Crippen LogP contribution >= 0.6 is 0 Å². The molecule has 4 heteroatoms. The van der Waals surface area contributed by atoms with E-state index in [2.05, 4.69) is 0 Å². The molecule has 11 heavy (non-hydrogen) atoms. The molecule has 1 aliphatic heterocycles. The van der Waals surface area contributed by atoms with Crippen LogP contribution in [0.3, 0.4) is 0 Å². The number of ketones is 1. The molecule has 0 saturated carbocycles. The second kappa shape index (κ2) is 3.00. The summed E-state index contributed by atoms with van der Waals surface area (Å²) in [6, 6.07) is -0.485. The molecule has 0 aromatic carbocycles. The van der Waals surface area contributed by atoms with Crippen molar-refractivity contribution in [2.45, 2.75) is 19.4 Å². The molecule has 4 nitrogen and oxygen atoms in total. The Balaban J connectivity index is 2.50. The van der Waals surface area contributed by atoms with Crippen molar-refractivity contribution in [3.8, 4) is 0 Å². The number of hydrogen-bond donors (Lipinski definition) is 1. The van der Waals surface area contributed by atoms with Crippen molar-refractivity contribution < 1.29 is 9.59 Å². The van der Waals surface area contributed by atoms with Gasteiger partial charge in [-0.3, -0.25) is 9.59 Å². The van der Waals surface area contributed by atoms with Crippen molar-refractivity contribution in [3.05, 3.63) is 0 Å². The first-order valence-electron chi connectivity index (χ1n) is 3.67. The molecule has 0 radical (unpaired) electrons. The van der Waals surface area contributed by atoms with Crippen LogP contribution in [0, 0.1) is 0 Å². The van der Waals surface area contributed by atoms with E-state index in [0.717, 1.165) is 0 Å². The fraction of sp³-hybridized carbons (Fsp3) is 0.714. The average molecular weight is 156 g/mol. The fourth-order valence-corrected chi connectivity index (χ4v) is 1.11. The number of nitrogens with zero attached hydrogens (tertiary/aromatic N) is 1. The second-order valence-electron chi connectivity index (χ2n) is 2.84. The van der Waals surface area contributed by atoms with E-state index in [1.54, 1.807) is 6.92 Å². The van der Waals surface area contributed by atoms with Crippen LogP contribution in [0.25, 0.3) is 0 Å². The predicted molar refractivity (Wildman–Crippen MR) is 39.9 cm³/mol. The number of nitrogens with two attached hydrogens (primary N) is 1. The molecule has 0 aliphatic carbocycles. The summed E-state index contributed by atoms with van der Waals surface area (Å²) >= 11 is 0. The molecule has 62 valence electrons. The van der Waals surface area contributed by atoms with Gasteiger partial charge in [0, 0.05) is 13.0 Å². The summed E-state index contributed by atoms with van der Waals surface area (Å²) in [5.41, 5.74) is 5.36. The standard InChI is InChI=1S/C7H12N2O2/c1-5(8)7(11)9-3-2-6(10)4-9/h5H,2-4,8H2,1H3/t5-/m0/s1. The van der Waals surface area contributed by atoms with Gasteiger partial charge in [-0.2, -0.15) is 0 Å². The Labute approximate surface area is 65.3 Å². The summed E-state index contributed by atoms with van der Waals surface area (Å²) in [5.74, 6) is -0.00477. The maximum atomic E-state index is 11.1. The number of rotatable bonds is 1. The van der Waals surface area contributed by atoms with E-state index in [1.165, 1.54) is 4.90 Å². The number of hydrogen-bond acceptors (Lipinski definition) is 3. The lowest BCUT2D eigenvalue weighted by Gasteiger charge is -2.15. The van der Waals surface area contributed by atoms with Crippen LogP contribution in [-0.4, -0.2) is 35.7 Å². The molecule has 0 aromatic heterocycles. The van der Waals surface area contributed by atoms with Crippen molar-refractivity contribution in [1.29, 1.82) is 0 Å². The first-order valence-corrected chi connectivity index (χ1v) is 3.67. The molecular weight excluding hydrogens is 144 g/mol. The Morgan fingerprint density at radius 2 is 2.36 bits per heavy atom. The van der Waals surface area contributed by atoms with Gasteiger partial charge in [0.15, 0.2) is 5.78 Å². The Bertz CT molecular complexity index is 189. The number of carbonyl (C=O) groups excluding carboxylic acids is 2. The normalized spacial score (nSPS) is 20.5. The summed E-state index contributed by atoms with van der Waals surface area (Å²) in [7, 11) is 0. The van der Waals surface area contributed by atoms with E-state index < -0.39 is 6.04 Å². The van der Waals surface area contributed by atoms with Gasteiger partial charge in [-0.1, -0.05) is 0 Å². The number of amides is 1. The van der Waals surface area contributed by atoms with Gasteiger partial charge in [0.2, 0.25) is 5.91 Å². The first kappa shape index (κ1) is 8.20. The van der Waals surface area contributed by atoms with Gasteiger partial charge >= 0.3 is 0 Å². The topological polar surface area (TPSA) is 63.4 Å². The monoisotopic (exact) mass is 156 g/mol. The van der Waals surface area contributed by atoms with E-state index in [0.29, 0.717) is 13.0 Å². The third-order valence-corrected chi connectivity index (χ3v) is 1.73. The first-order chi connectivity index (χ1) is 5.11. The van der Waals surface area contributed by atoms with E-state index in [9.17, 15) is 9.59 Å². The minimum absolute atomic E-state index is 0.124. The van der Waals surface area contributed by atoms with E-state index in [1.807, 2.05) is 0 Å². The quantitative estimate of drug-likeness (QED) is 0.537. The zero-order chi connectivity index (χ0) is 8.43. The molecule has 0 spiro atoms. The fourth-order valence-electron chi connectivity index (χ4n) is 1.11. The Kier molecular flexibility index (Phi) is 2.24. The smallest absolute Gasteiger partial charge is 0.239 e. The maximum absolute atomic E-state index is 11.1. The maximum Gasteiger partial charge on any atom is 0.239 e. The lowest BCUT2D eigenvalue weighted by Crippen LogP contribution is -2.40. The summed E-state index contributed by atoms with van der Waals surface area (Å²) in [5, 5.41) is 0. The third kappa shape index (κ3) is 1.77. The summed E-state index contributed by atoms with van der Waals surface area (Å²) in [4.78, 5) is 23.4. The molecule has 2 N–H and O–H groups in total. The highest BCUT2D eigenvalue weighted by Gasteiger charge is 2.25. The van der Waals surface area contributed by atoms with Crippen LogP contribution in [-0.2, 0) is 9.59 Å². The minimum Gasteiger partial charge on any atom is -0.334 e. The zero-order valence-electron chi connectivity index (χ0n) is 6.54. The predicted octanol–water partition coefficient (Wildman–Crippen LogP) is -0.865.